The first-order valence-electron chi connectivity index (χ1n) is 8.11. The van der Waals surface area contributed by atoms with Crippen molar-refractivity contribution in [3.8, 4) is 5.69 Å². The first-order valence-corrected chi connectivity index (χ1v) is 8.49. The van der Waals surface area contributed by atoms with E-state index < -0.39 is 0 Å². The van der Waals surface area contributed by atoms with Gasteiger partial charge in [-0.15, -0.1) is 10.2 Å². The van der Waals surface area contributed by atoms with E-state index in [0.717, 1.165) is 47.0 Å². The predicted molar refractivity (Wildman–Crippen MR) is 96.1 cm³/mol. The van der Waals surface area contributed by atoms with Gasteiger partial charge in [-0.1, -0.05) is 48.9 Å². The molecule has 0 radical (unpaired) electrons. The molecule has 1 aliphatic heterocycles. The second kappa shape index (κ2) is 6.21. The average molecular weight is 337 g/mol. The fourth-order valence-corrected chi connectivity index (χ4v) is 3.26. The van der Waals surface area contributed by atoms with E-state index in [1.165, 1.54) is 0 Å². The number of nitrogens with zero attached hydrogens (tertiary/aromatic N) is 4. The van der Waals surface area contributed by atoms with Crippen LogP contribution in [0.1, 0.15) is 36.1 Å². The van der Waals surface area contributed by atoms with E-state index in [1.54, 1.807) is 0 Å². The minimum absolute atomic E-state index is 0.507. The Morgan fingerprint density at radius 3 is 2.71 bits per heavy atom. The van der Waals surface area contributed by atoms with Crippen LogP contribution in [0.25, 0.3) is 5.69 Å². The smallest absolute Gasteiger partial charge is 0.159 e. The van der Waals surface area contributed by atoms with E-state index >= 15 is 0 Å². The number of aliphatic imine (C=N–C) groups is 1. The average Bonchev–Trinajstić information content (AvgIpc) is 2.92. The molecule has 3 aromatic rings. The largest absolute Gasteiger partial charge is 0.281 e. The first kappa shape index (κ1) is 15.1. The van der Waals surface area contributed by atoms with Crippen LogP contribution in [0.2, 0.25) is 5.02 Å². The molecule has 120 valence electrons. The van der Waals surface area contributed by atoms with E-state index in [4.69, 9.17) is 16.6 Å². The molecule has 0 N–H and O–H groups in total. The van der Waals surface area contributed by atoms with Crippen molar-refractivity contribution in [3.63, 3.8) is 0 Å². The fraction of sp³-hybridized carbons (Fsp3) is 0.211. The maximum absolute atomic E-state index is 6.29. The Morgan fingerprint density at radius 1 is 1.08 bits per heavy atom. The van der Waals surface area contributed by atoms with Crippen LogP contribution in [0.4, 0.5) is 0 Å². The second-order valence-corrected chi connectivity index (χ2v) is 6.25. The molecule has 4 rings (SSSR count). The SMILES string of the molecule is CCCc1nnc2n1-c1ccc(Cl)cc1C(c1ccccc1)=NC2. The highest BCUT2D eigenvalue weighted by atomic mass is 35.5. The van der Waals surface area contributed by atoms with Gasteiger partial charge in [-0.25, -0.2) is 0 Å². The number of aromatic nitrogens is 3. The molecule has 1 aromatic heterocycles. The molecule has 0 unspecified atom stereocenters. The highest BCUT2D eigenvalue weighted by molar-refractivity contribution is 6.31. The highest BCUT2D eigenvalue weighted by Gasteiger charge is 2.22. The number of aryl methyl sites for hydroxylation is 1. The summed E-state index contributed by atoms with van der Waals surface area (Å²) < 4.78 is 2.13. The Labute approximate surface area is 145 Å². The summed E-state index contributed by atoms with van der Waals surface area (Å²) in [5, 5.41) is 9.42. The predicted octanol–water partition coefficient (Wildman–Crippen LogP) is 4.22. The van der Waals surface area contributed by atoms with Gasteiger partial charge in [0.1, 0.15) is 12.4 Å². The minimum atomic E-state index is 0.507. The van der Waals surface area contributed by atoms with Gasteiger partial charge >= 0.3 is 0 Å². The Morgan fingerprint density at radius 2 is 1.92 bits per heavy atom. The topological polar surface area (TPSA) is 43.1 Å². The number of hydrogen-bond acceptors (Lipinski definition) is 3. The van der Waals surface area contributed by atoms with E-state index in [-0.39, 0.29) is 0 Å². The van der Waals surface area contributed by atoms with E-state index in [2.05, 4.69) is 33.8 Å². The number of fused-ring (bicyclic) bond motifs is 3. The van der Waals surface area contributed by atoms with Gasteiger partial charge in [-0.05, 0) is 24.6 Å². The molecular weight excluding hydrogens is 320 g/mol. The monoisotopic (exact) mass is 336 g/mol. The van der Waals surface area contributed by atoms with Crippen LogP contribution >= 0.6 is 11.6 Å². The van der Waals surface area contributed by atoms with Crippen LogP contribution in [0, 0.1) is 0 Å². The maximum atomic E-state index is 6.29. The third-order valence-electron chi connectivity index (χ3n) is 4.15. The third kappa shape index (κ3) is 2.53. The molecule has 0 atom stereocenters. The van der Waals surface area contributed by atoms with Crippen LogP contribution in [-0.2, 0) is 13.0 Å². The zero-order valence-corrected chi connectivity index (χ0v) is 14.2. The van der Waals surface area contributed by atoms with Crippen molar-refractivity contribution in [3.05, 3.63) is 76.3 Å². The zero-order valence-electron chi connectivity index (χ0n) is 13.4. The summed E-state index contributed by atoms with van der Waals surface area (Å²) in [7, 11) is 0. The van der Waals surface area contributed by atoms with Gasteiger partial charge in [0.25, 0.3) is 0 Å². The van der Waals surface area contributed by atoms with Gasteiger partial charge in [0.2, 0.25) is 0 Å². The van der Waals surface area contributed by atoms with Crippen LogP contribution in [0.5, 0.6) is 0 Å². The van der Waals surface area contributed by atoms with Crippen molar-refractivity contribution in [2.75, 3.05) is 0 Å². The minimum Gasteiger partial charge on any atom is -0.281 e. The molecule has 1 aliphatic rings. The summed E-state index contributed by atoms with van der Waals surface area (Å²) in [4.78, 5) is 4.83. The number of halogens is 1. The van der Waals surface area contributed by atoms with Gasteiger partial charge in [-0.3, -0.25) is 9.56 Å². The van der Waals surface area contributed by atoms with Gasteiger partial charge in [0.05, 0.1) is 11.4 Å². The van der Waals surface area contributed by atoms with Crippen molar-refractivity contribution in [1.29, 1.82) is 0 Å². The molecule has 5 heteroatoms. The highest BCUT2D eigenvalue weighted by Crippen LogP contribution is 2.28. The molecule has 0 fully saturated rings. The maximum Gasteiger partial charge on any atom is 0.159 e. The fourth-order valence-electron chi connectivity index (χ4n) is 3.09. The molecule has 2 aromatic carbocycles. The van der Waals surface area contributed by atoms with E-state index in [0.29, 0.717) is 11.6 Å². The molecule has 2 heterocycles. The lowest BCUT2D eigenvalue weighted by Gasteiger charge is -2.13. The van der Waals surface area contributed by atoms with Gasteiger partial charge in [0.15, 0.2) is 5.82 Å². The van der Waals surface area contributed by atoms with Crippen molar-refractivity contribution in [2.45, 2.75) is 26.3 Å². The van der Waals surface area contributed by atoms with Crippen molar-refractivity contribution < 1.29 is 0 Å². The molecule has 0 spiro atoms. The summed E-state index contributed by atoms with van der Waals surface area (Å²) in [6.45, 7) is 2.65. The summed E-state index contributed by atoms with van der Waals surface area (Å²) in [5.41, 5.74) is 4.09. The van der Waals surface area contributed by atoms with Crippen molar-refractivity contribution in [1.82, 2.24) is 14.8 Å². The lowest BCUT2D eigenvalue weighted by molar-refractivity contribution is 0.789. The van der Waals surface area contributed by atoms with Crippen LogP contribution in [0.3, 0.4) is 0 Å². The second-order valence-electron chi connectivity index (χ2n) is 5.81. The van der Waals surface area contributed by atoms with Crippen molar-refractivity contribution in [2.24, 2.45) is 4.99 Å². The van der Waals surface area contributed by atoms with Crippen LogP contribution < -0.4 is 0 Å². The molecule has 0 saturated heterocycles. The Kier molecular flexibility index (Phi) is 3.90. The molecule has 0 amide bonds. The van der Waals surface area contributed by atoms with E-state index in [1.807, 2.05) is 36.4 Å². The molecule has 0 bridgehead atoms. The summed E-state index contributed by atoms with van der Waals surface area (Å²) in [6, 6.07) is 16.1. The Bertz CT molecular complexity index is 912. The van der Waals surface area contributed by atoms with Gasteiger partial charge in [0, 0.05) is 22.6 Å². The van der Waals surface area contributed by atoms with Crippen LogP contribution in [-0.4, -0.2) is 20.5 Å². The lowest BCUT2D eigenvalue weighted by atomic mass is 10.0. The van der Waals surface area contributed by atoms with Gasteiger partial charge < -0.3 is 0 Å². The quantitative estimate of drug-likeness (QED) is 0.718. The Balaban J connectivity index is 1.96. The summed E-state index contributed by atoms with van der Waals surface area (Å²) >= 11 is 6.29. The molecule has 0 aliphatic carbocycles. The zero-order chi connectivity index (χ0) is 16.5. The standard InChI is InChI=1S/C19H17ClN4/c1-2-6-17-22-23-18-12-21-19(13-7-4-3-5-8-13)15-11-14(20)9-10-16(15)24(17)18/h3-5,7-11H,2,6,12H2,1H3. The molecule has 24 heavy (non-hydrogen) atoms. The number of benzene rings is 2. The lowest BCUT2D eigenvalue weighted by Crippen LogP contribution is -2.09. The molecular formula is C19H17ClN4. The molecule has 0 saturated carbocycles. The summed E-state index contributed by atoms with van der Waals surface area (Å²) in [6.07, 6.45) is 1.91. The van der Waals surface area contributed by atoms with Gasteiger partial charge in [-0.2, -0.15) is 0 Å². The number of hydrogen-bond donors (Lipinski definition) is 0. The summed E-state index contributed by atoms with van der Waals surface area (Å²) in [5.74, 6) is 1.84. The van der Waals surface area contributed by atoms with E-state index in [9.17, 15) is 0 Å². The van der Waals surface area contributed by atoms with Crippen LogP contribution in [0.15, 0.2) is 53.5 Å². The number of rotatable bonds is 3. The molecule has 4 nitrogen and oxygen atoms in total. The third-order valence-corrected chi connectivity index (χ3v) is 4.39. The first-order chi connectivity index (χ1) is 11.8. The Hall–Kier alpha value is -2.46. The van der Waals surface area contributed by atoms with Crippen molar-refractivity contribution >= 4 is 17.3 Å². The normalized spacial score (nSPS) is 13.0.